The van der Waals surface area contributed by atoms with Crippen LogP contribution in [0.1, 0.15) is 0 Å². The average molecular weight is 218 g/mol. The van der Waals surface area contributed by atoms with E-state index in [0.29, 0.717) is 0 Å². The van der Waals surface area contributed by atoms with E-state index in [2.05, 4.69) is 9.80 Å². The van der Waals surface area contributed by atoms with Crippen LogP contribution < -0.4 is 0 Å². The largest absolute Gasteiger partial charge is 0.395 e. The number of piperazine rings is 1. The van der Waals surface area contributed by atoms with Crippen molar-refractivity contribution in [1.29, 1.82) is 0 Å². The molecule has 1 rings (SSSR count). The zero-order valence-electron chi connectivity index (χ0n) is 9.69. The monoisotopic (exact) mass is 218 g/mol. The van der Waals surface area contributed by atoms with E-state index < -0.39 is 0 Å². The molecule has 5 heteroatoms. The summed E-state index contributed by atoms with van der Waals surface area (Å²) in [6, 6.07) is 0. The van der Waals surface area contributed by atoms with Gasteiger partial charge in [-0.3, -0.25) is 9.80 Å². The van der Waals surface area contributed by atoms with E-state index in [1.165, 1.54) is 0 Å². The molecule has 0 bridgehead atoms. The van der Waals surface area contributed by atoms with Gasteiger partial charge in [0, 0.05) is 53.5 Å². The van der Waals surface area contributed by atoms with Crippen LogP contribution >= 0.6 is 0 Å². The molecular formula is C10H22N2O3. The third-order valence-electron chi connectivity index (χ3n) is 2.81. The Labute approximate surface area is 91.6 Å². The Balaban J connectivity index is 2.19. The Hall–Kier alpha value is -0.200. The lowest BCUT2D eigenvalue weighted by molar-refractivity contribution is -0.119. The Bertz CT molecular complexity index is 157. The molecule has 0 aromatic rings. The lowest BCUT2D eigenvalue weighted by Crippen LogP contribution is -2.49. The molecule has 5 nitrogen and oxygen atoms in total. The van der Waals surface area contributed by atoms with Crippen molar-refractivity contribution in [3.05, 3.63) is 0 Å². The summed E-state index contributed by atoms with van der Waals surface area (Å²) in [5.74, 6) is 0. The summed E-state index contributed by atoms with van der Waals surface area (Å²) in [6.07, 6.45) is -0.130. The van der Waals surface area contributed by atoms with E-state index in [9.17, 15) is 0 Å². The first kappa shape index (κ1) is 12.9. The van der Waals surface area contributed by atoms with Gasteiger partial charge in [0.05, 0.1) is 6.61 Å². The maximum absolute atomic E-state index is 8.81. The maximum Gasteiger partial charge on any atom is 0.169 e. The molecule has 0 unspecified atom stereocenters. The third kappa shape index (κ3) is 4.44. The lowest BCUT2D eigenvalue weighted by atomic mass is 10.3. The molecule has 1 N–H and O–H groups in total. The molecule has 0 aromatic carbocycles. The molecule has 1 aliphatic heterocycles. The molecule has 90 valence electrons. The number of methoxy groups -OCH3 is 2. The van der Waals surface area contributed by atoms with Gasteiger partial charge in [0.15, 0.2) is 6.29 Å². The summed E-state index contributed by atoms with van der Waals surface area (Å²) in [5.41, 5.74) is 0. The topological polar surface area (TPSA) is 45.2 Å². The highest BCUT2D eigenvalue weighted by Crippen LogP contribution is 2.03. The van der Waals surface area contributed by atoms with Gasteiger partial charge in [-0.2, -0.15) is 0 Å². The number of nitrogens with zero attached hydrogens (tertiary/aromatic N) is 2. The summed E-state index contributed by atoms with van der Waals surface area (Å²) in [4.78, 5) is 4.59. The van der Waals surface area contributed by atoms with Gasteiger partial charge >= 0.3 is 0 Å². The molecule has 0 atom stereocenters. The number of aliphatic hydroxyl groups is 1. The lowest BCUT2D eigenvalue weighted by Gasteiger charge is -2.35. The molecule has 0 saturated carbocycles. The van der Waals surface area contributed by atoms with Crippen LogP contribution in [0.5, 0.6) is 0 Å². The first-order valence-corrected chi connectivity index (χ1v) is 5.41. The fourth-order valence-electron chi connectivity index (χ4n) is 1.79. The van der Waals surface area contributed by atoms with Crippen molar-refractivity contribution in [2.45, 2.75) is 6.29 Å². The molecule has 0 radical (unpaired) electrons. The normalized spacial score (nSPS) is 20.0. The minimum Gasteiger partial charge on any atom is -0.395 e. The minimum atomic E-state index is -0.130. The van der Waals surface area contributed by atoms with Crippen LogP contribution in [0, 0.1) is 0 Å². The van der Waals surface area contributed by atoms with Crippen molar-refractivity contribution < 1.29 is 14.6 Å². The number of hydrogen-bond acceptors (Lipinski definition) is 5. The second-order valence-corrected chi connectivity index (χ2v) is 3.77. The molecule has 0 amide bonds. The van der Waals surface area contributed by atoms with E-state index in [-0.39, 0.29) is 12.9 Å². The second kappa shape index (κ2) is 7.14. The second-order valence-electron chi connectivity index (χ2n) is 3.77. The Morgan fingerprint density at radius 3 is 2.07 bits per heavy atom. The van der Waals surface area contributed by atoms with E-state index in [1.54, 1.807) is 14.2 Å². The predicted octanol–water partition coefficient (Wildman–Crippen LogP) is -0.785. The van der Waals surface area contributed by atoms with Crippen LogP contribution in [0.4, 0.5) is 0 Å². The summed E-state index contributed by atoms with van der Waals surface area (Å²) < 4.78 is 10.3. The SMILES string of the molecule is COC(CN1CCN(CCO)CC1)OC. The van der Waals surface area contributed by atoms with Crippen LogP contribution in [-0.4, -0.2) is 81.3 Å². The Morgan fingerprint density at radius 1 is 1.07 bits per heavy atom. The fourth-order valence-corrected chi connectivity index (χ4v) is 1.79. The zero-order chi connectivity index (χ0) is 11.1. The van der Waals surface area contributed by atoms with Gasteiger partial charge in [0.1, 0.15) is 0 Å². The summed E-state index contributed by atoms with van der Waals surface area (Å²) in [5, 5.41) is 8.81. The van der Waals surface area contributed by atoms with Crippen LogP contribution in [0.25, 0.3) is 0 Å². The van der Waals surface area contributed by atoms with Crippen LogP contribution in [0.2, 0.25) is 0 Å². The highest BCUT2D eigenvalue weighted by Gasteiger charge is 2.19. The van der Waals surface area contributed by atoms with Gasteiger partial charge in [-0.25, -0.2) is 0 Å². The Morgan fingerprint density at radius 2 is 1.60 bits per heavy atom. The standard InChI is InChI=1S/C10H22N2O3/c1-14-10(15-2)9-12-5-3-11(4-6-12)7-8-13/h10,13H,3-9H2,1-2H3. The van der Waals surface area contributed by atoms with E-state index in [4.69, 9.17) is 14.6 Å². The summed E-state index contributed by atoms with van der Waals surface area (Å²) in [7, 11) is 3.33. The van der Waals surface area contributed by atoms with E-state index >= 15 is 0 Å². The molecule has 1 aliphatic rings. The van der Waals surface area contributed by atoms with Crippen LogP contribution in [-0.2, 0) is 9.47 Å². The van der Waals surface area contributed by atoms with Gasteiger partial charge in [0.2, 0.25) is 0 Å². The predicted molar refractivity (Wildman–Crippen MR) is 57.8 cm³/mol. The van der Waals surface area contributed by atoms with Crippen molar-refractivity contribution in [3.63, 3.8) is 0 Å². The number of ether oxygens (including phenoxy) is 2. The number of rotatable bonds is 6. The van der Waals surface area contributed by atoms with Gasteiger partial charge < -0.3 is 14.6 Å². The molecule has 1 fully saturated rings. The number of β-amino-alcohol motifs (C(OH)–C–C–N with tert-alkyl or cyclic N) is 1. The molecule has 1 saturated heterocycles. The first-order valence-electron chi connectivity index (χ1n) is 5.41. The summed E-state index contributed by atoms with van der Waals surface area (Å²) in [6.45, 7) is 5.92. The minimum absolute atomic E-state index is 0.130. The van der Waals surface area contributed by atoms with Crippen LogP contribution in [0.15, 0.2) is 0 Å². The van der Waals surface area contributed by atoms with E-state index in [0.717, 1.165) is 39.3 Å². The molecule has 0 spiro atoms. The van der Waals surface area contributed by atoms with Crippen molar-refractivity contribution >= 4 is 0 Å². The van der Waals surface area contributed by atoms with Gasteiger partial charge in [-0.05, 0) is 0 Å². The van der Waals surface area contributed by atoms with Crippen molar-refractivity contribution in [3.8, 4) is 0 Å². The third-order valence-corrected chi connectivity index (χ3v) is 2.81. The number of aliphatic hydroxyl groups excluding tert-OH is 1. The molecule has 0 aliphatic carbocycles. The molecule has 15 heavy (non-hydrogen) atoms. The van der Waals surface area contributed by atoms with Gasteiger partial charge in [0.25, 0.3) is 0 Å². The average Bonchev–Trinajstić information content (AvgIpc) is 2.28. The summed E-state index contributed by atoms with van der Waals surface area (Å²) >= 11 is 0. The highest BCUT2D eigenvalue weighted by atomic mass is 16.7. The molecule has 0 aromatic heterocycles. The number of hydrogen-bond donors (Lipinski definition) is 1. The van der Waals surface area contributed by atoms with E-state index in [1.807, 2.05) is 0 Å². The zero-order valence-corrected chi connectivity index (χ0v) is 9.69. The van der Waals surface area contributed by atoms with Gasteiger partial charge in [-0.1, -0.05) is 0 Å². The molecular weight excluding hydrogens is 196 g/mol. The quantitative estimate of drug-likeness (QED) is 0.592. The van der Waals surface area contributed by atoms with Crippen molar-refractivity contribution in [1.82, 2.24) is 9.80 Å². The van der Waals surface area contributed by atoms with Crippen LogP contribution in [0.3, 0.4) is 0 Å². The smallest absolute Gasteiger partial charge is 0.169 e. The highest BCUT2D eigenvalue weighted by molar-refractivity contribution is 4.72. The van der Waals surface area contributed by atoms with Gasteiger partial charge in [-0.15, -0.1) is 0 Å². The van der Waals surface area contributed by atoms with Crippen molar-refractivity contribution in [2.75, 3.05) is 60.1 Å². The molecule has 1 heterocycles. The maximum atomic E-state index is 8.81. The first-order chi connectivity index (χ1) is 7.30. The van der Waals surface area contributed by atoms with Crippen molar-refractivity contribution in [2.24, 2.45) is 0 Å². The Kier molecular flexibility index (Phi) is 6.12. The fraction of sp³-hybridized carbons (Fsp3) is 1.00.